The molecular weight excluding hydrogens is 329 g/mol. The maximum absolute atomic E-state index is 11.9. The lowest BCUT2D eigenvalue weighted by atomic mass is 10.2. The Morgan fingerprint density at radius 1 is 1.35 bits per heavy atom. The van der Waals surface area contributed by atoms with Crippen LogP contribution in [0, 0.1) is 3.57 Å². The smallest absolute Gasteiger partial charge is 0.251 e. The van der Waals surface area contributed by atoms with E-state index in [2.05, 4.69) is 27.9 Å². The van der Waals surface area contributed by atoms with Crippen LogP contribution in [0.2, 0.25) is 0 Å². The van der Waals surface area contributed by atoms with E-state index < -0.39 is 0 Å². The van der Waals surface area contributed by atoms with Crippen LogP contribution in [0.1, 0.15) is 29.1 Å². The van der Waals surface area contributed by atoms with Gasteiger partial charge in [0.15, 0.2) is 0 Å². The summed E-state index contributed by atoms with van der Waals surface area (Å²) in [4.78, 5) is 11.9. The fourth-order valence-electron chi connectivity index (χ4n) is 1.52. The molecule has 3 nitrogen and oxygen atoms in total. The molecule has 17 heavy (non-hydrogen) atoms. The second kappa shape index (κ2) is 5.35. The molecule has 0 radical (unpaired) electrons. The first kappa shape index (κ1) is 12.2. The van der Waals surface area contributed by atoms with Crippen LogP contribution in [0.4, 0.5) is 0 Å². The van der Waals surface area contributed by atoms with Gasteiger partial charge in [-0.05, 0) is 59.8 Å². The highest BCUT2D eigenvalue weighted by Crippen LogP contribution is 2.14. The van der Waals surface area contributed by atoms with Crippen molar-refractivity contribution >= 4 is 28.5 Å². The maximum atomic E-state index is 11.9. The second-order valence-electron chi connectivity index (χ2n) is 3.72. The Morgan fingerprint density at radius 2 is 2.18 bits per heavy atom. The lowest BCUT2D eigenvalue weighted by Gasteiger charge is -2.11. The third kappa shape index (κ3) is 3.09. The predicted octanol–water partition coefficient (Wildman–Crippen LogP) is 3.38. The van der Waals surface area contributed by atoms with E-state index in [9.17, 15) is 4.79 Å². The van der Waals surface area contributed by atoms with Crippen molar-refractivity contribution in [3.05, 3.63) is 57.6 Å². The molecule has 0 saturated carbocycles. The molecule has 0 spiro atoms. The SMILES string of the molecule is C[C@@H](NC(=O)c1cccc(I)c1)c1ccco1. The van der Waals surface area contributed by atoms with Gasteiger partial charge in [0.05, 0.1) is 12.3 Å². The summed E-state index contributed by atoms with van der Waals surface area (Å²) in [6.07, 6.45) is 1.60. The number of carbonyl (C=O) groups is 1. The number of rotatable bonds is 3. The van der Waals surface area contributed by atoms with Crippen LogP contribution >= 0.6 is 22.6 Å². The summed E-state index contributed by atoms with van der Waals surface area (Å²) in [5.41, 5.74) is 0.662. The summed E-state index contributed by atoms with van der Waals surface area (Å²) in [7, 11) is 0. The van der Waals surface area contributed by atoms with E-state index in [4.69, 9.17) is 4.42 Å². The Hall–Kier alpha value is -1.30. The molecule has 2 rings (SSSR count). The molecule has 0 unspecified atom stereocenters. The number of carbonyl (C=O) groups excluding carboxylic acids is 1. The number of hydrogen-bond donors (Lipinski definition) is 1. The standard InChI is InChI=1S/C13H12INO2/c1-9(12-6-3-7-17-12)15-13(16)10-4-2-5-11(14)8-10/h2-9H,1H3,(H,15,16)/t9-/m1/s1. The monoisotopic (exact) mass is 341 g/mol. The summed E-state index contributed by atoms with van der Waals surface area (Å²) < 4.78 is 6.28. The van der Waals surface area contributed by atoms with Crippen LogP contribution in [-0.4, -0.2) is 5.91 Å². The van der Waals surface area contributed by atoms with E-state index in [1.54, 1.807) is 12.3 Å². The third-order valence-corrected chi connectivity index (χ3v) is 3.08. The number of nitrogens with one attached hydrogen (secondary N) is 1. The fourth-order valence-corrected chi connectivity index (χ4v) is 2.06. The van der Waals surface area contributed by atoms with Crippen molar-refractivity contribution in [2.24, 2.45) is 0 Å². The molecule has 2 aromatic rings. The summed E-state index contributed by atoms with van der Waals surface area (Å²) in [5, 5.41) is 2.89. The normalized spacial score (nSPS) is 12.1. The topological polar surface area (TPSA) is 42.2 Å². The molecule has 0 aliphatic carbocycles. The lowest BCUT2D eigenvalue weighted by Crippen LogP contribution is -2.26. The molecule has 0 fully saturated rings. The molecule has 1 aromatic carbocycles. The summed E-state index contributed by atoms with van der Waals surface area (Å²) in [5.74, 6) is 0.663. The van der Waals surface area contributed by atoms with Crippen molar-refractivity contribution in [3.8, 4) is 0 Å². The van der Waals surface area contributed by atoms with Crippen LogP contribution in [0.5, 0.6) is 0 Å². The molecule has 1 N–H and O–H groups in total. The molecule has 0 saturated heterocycles. The van der Waals surface area contributed by atoms with Gasteiger partial charge in [0, 0.05) is 9.13 Å². The van der Waals surface area contributed by atoms with Crippen LogP contribution < -0.4 is 5.32 Å². The Balaban J connectivity index is 2.07. The van der Waals surface area contributed by atoms with E-state index in [1.165, 1.54) is 0 Å². The van der Waals surface area contributed by atoms with Gasteiger partial charge in [-0.2, -0.15) is 0 Å². The zero-order valence-corrected chi connectivity index (χ0v) is 11.5. The molecule has 0 aliphatic heterocycles. The Morgan fingerprint density at radius 3 is 2.82 bits per heavy atom. The van der Waals surface area contributed by atoms with Gasteiger partial charge in [0.1, 0.15) is 5.76 Å². The van der Waals surface area contributed by atoms with Gasteiger partial charge in [0.2, 0.25) is 0 Å². The van der Waals surface area contributed by atoms with Gasteiger partial charge in [-0.25, -0.2) is 0 Å². The minimum absolute atomic E-state index is 0.0904. The number of furan rings is 1. The van der Waals surface area contributed by atoms with Crippen LogP contribution in [-0.2, 0) is 0 Å². The van der Waals surface area contributed by atoms with Gasteiger partial charge in [-0.1, -0.05) is 6.07 Å². The maximum Gasteiger partial charge on any atom is 0.251 e. The molecule has 1 atom stereocenters. The van der Waals surface area contributed by atoms with Gasteiger partial charge in [-0.15, -0.1) is 0 Å². The van der Waals surface area contributed by atoms with Crippen molar-refractivity contribution < 1.29 is 9.21 Å². The number of halogens is 1. The predicted molar refractivity (Wildman–Crippen MR) is 73.7 cm³/mol. The molecule has 1 aromatic heterocycles. The van der Waals surface area contributed by atoms with Gasteiger partial charge < -0.3 is 9.73 Å². The van der Waals surface area contributed by atoms with Crippen molar-refractivity contribution in [3.63, 3.8) is 0 Å². The lowest BCUT2D eigenvalue weighted by molar-refractivity contribution is 0.0935. The molecule has 1 amide bonds. The molecule has 88 valence electrons. The Kier molecular flexibility index (Phi) is 3.83. The number of benzene rings is 1. The zero-order chi connectivity index (χ0) is 12.3. The van der Waals surface area contributed by atoms with E-state index in [-0.39, 0.29) is 11.9 Å². The zero-order valence-electron chi connectivity index (χ0n) is 9.31. The van der Waals surface area contributed by atoms with Crippen molar-refractivity contribution in [2.45, 2.75) is 13.0 Å². The minimum atomic E-state index is -0.129. The first-order valence-corrected chi connectivity index (χ1v) is 6.34. The van der Waals surface area contributed by atoms with Crippen molar-refractivity contribution in [1.82, 2.24) is 5.32 Å². The highest BCUT2D eigenvalue weighted by molar-refractivity contribution is 14.1. The summed E-state index contributed by atoms with van der Waals surface area (Å²) in [6.45, 7) is 1.89. The molecular formula is C13H12INO2. The van der Waals surface area contributed by atoms with Crippen molar-refractivity contribution in [1.29, 1.82) is 0 Å². The molecule has 0 bridgehead atoms. The molecule has 4 heteroatoms. The number of hydrogen-bond acceptors (Lipinski definition) is 2. The van der Waals surface area contributed by atoms with Gasteiger partial charge in [0.25, 0.3) is 5.91 Å². The summed E-state index contributed by atoms with van der Waals surface area (Å²) in [6, 6.07) is 11.0. The van der Waals surface area contributed by atoms with Crippen molar-refractivity contribution in [2.75, 3.05) is 0 Å². The van der Waals surface area contributed by atoms with Gasteiger partial charge in [-0.3, -0.25) is 4.79 Å². The quantitative estimate of drug-likeness (QED) is 0.870. The first-order chi connectivity index (χ1) is 8.16. The second-order valence-corrected chi connectivity index (χ2v) is 4.97. The van der Waals surface area contributed by atoms with E-state index in [0.29, 0.717) is 5.56 Å². The van der Waals surface area contributed by atoms with Gasteiger partial charge >= 0.3 is 0 Å². The van der Waals surface area contributed by atoms with Crippen LogP contribution in [0.3, 0.4) is 0 Å². The van der Waals surface area contributed by atoms with E-state index in [0.717, 1.165) is 9.33 Å². The Bertz CT molecular complexity index is 508. The average molecular weight is 341 g/mol. The molecule has 0 aliphatic rings. The van der Waals surface area contributed by atoms with Crippen LogP contribution in [0.25, 0.3) is 0 Å². The highest BCUT2D eigenvalue weighted by Gasteiger charge is 2.13. The fraction of sp³-hybridized carbons (Fsp3) is 0.154. The van der Waals surface area contributed by atoms with E-state index in [1.807, 2.05) is 37.3 Å². The average Bonchev–Trinajstić information content (AvgIpc) is 2.82. The van der Waals surface area contributed by atoms with E-state index >= 15 is 0 Å². The third-order valence-electron chi connectivity index (χ3n) is 2.40. The highest BCUT2D eigenvalue weighted by atomic mass is 127. The number of amides is 1. The first-order valence-electron chi connectivity index (χ1n) is 5.26. The minimum Gasteiger partial charge on any atom is -0.467 e. The largest absolute Gasteiger partial charge is 0.467 e. The molecule has 1 heterocycles. The van der Waals surface area contributed by atoms with Crippen LogP contribution in [0.15, 0.2) is 47.1 Å². The Labute approximate surface area is 113 Å². The summed E-state index contributed by atoms with van der Waals surface area (Å²) >= 11 is 2.18.